The number of aromatic nitrogens is 2. The number of likely N-dealkylation sites (N-methyl/N-ethyl adjacent to an activating group) is 1. The Morgan fingerprint density at radius 2 is 1.82 bits per heavy atom. The van der Waals surface area contributed by atoms with Crippen molar-refractivity contribution in [2.45, 2.75) is 76.8 Å². The summed E-state index contributed by atoms with van der Waals surface area (Å²) in [4.78, 5) is 2.60. The molecule has 0 radical (unpaired) electrons. The molecule has 0 spiro atoms. The van der Waals surface area contributed by atoms with Crippen molar-refractivity contribution in [3.63, 3.8) is 0 Å². The zero-order chi connectivity index (χ0) is 15.3. The molecular weight excluding hydrogens is 274 g/mol. The Kier molecular flexibility index (Phi) is 3.75. The van der Waals surface area contributed by atoms with Gasteiger partial charge < -0.3 is 4.42 Å². The highest BCUT2D eigenvalue weighted by Gasteiger charge is 2.50. The van der Waals surface area contributed by atoms with Gasteiger partial charge in [0.2, 0.25) is 11.8 Å². The molecule has 0 N–H and O–H groups in total. The van der Waals surface area contributed by atoms with E-state index in [0.717, 1.165) is 29.7 Å². The molecule has 4 rings (SSSR count). The largest absolute Gasteiger partial charge is 0.425 e. The predicted octanol–water partition coefficient (Wildman–Crippen LogP) is 3.77. The van der Waals surface area contributed by atoms with E-state index in [2.05, 4.69) is 29.1 Å². The van der Waals surface area contributed by atoms with Gasteiger partial charge in [0.05, 0.1) is 5.92 Å². The van der Waals surface area contributed by atoms with Crippen molar-refractivity contribution in [3.05, 3.63) is 11.8 Å². The van der Waals surface area contributed by atoms with Crippen LogP contribution in [-0.2, 0) is 0 Å². The van der Waals surface area contributed by atoms with E-state index in [1.807, 2.05) is 6.92 Å². The second-order valence-corrected chi connectivity index (χ2v) is 8.07. The fourth-order valence-corrected chi connectivity index (χ4v) is 5.50. The molecule has 2 aliphatic heterocycles. The Morgan fingerprint density at radius 1 is 1.05 bits per heavy atom. The maximum absolute atomic E-state index is 5.92. The average molecular weight is 303 g/mol. The summed E-state index contributed by atoms with van der Waals surface area (Å²) in [5, 5.41) is 8.56. The van der Waals surface area contributed by atoms with Crippen LogP contribution in [0, 0.1) is 24.7 Å². The number of rotatable bonds is 2. The molecule has 3 heterocycles. The monoisotopic (exact) mass is 303 g/mol. The van der Waals surface area contributed by atoms with Crippen LogP contribution in [0.25, 0.3) is 0 Å². The van der Waals surface area contributed by atoms with E-state index in [0.29, 0.717) is 17.9 Å². The minimum Gasteiger partial charge on any atom is -0.425 e. The number of hydrogen-bond donors (Lipinski definition) is 0. The standard InChI is InChI=1S/C18H29N3O/c1-11-4-6-13(7-5-11)15-10-14-8-9-16(21(14)3)17(15)18-20-19-12(2)22-18/h11,13-17H,4-10H2,1-3H3. The third-order valence-corrected chi connectivity index (χ3v) is 6.81. The minimum absolute atomic E-state index is 0.461. The van der Waals surface area contributed by atoms with Crippen LogP contribution in [-0.4, -0.2) is 34.2 Å². The first kappa shape index (κ1) is 14.7. The van der Waals surface area contributed by atoms with Crippen LogP contribution >= 0.6 is 0 Å². The fourth-order valence-electron chi connectivity index (χ4n) is 5.50. The molecule has 22 heavy (non-hydrogen) atoms. The highest BCUT2D eigenvalue weighted by Crippen LogP contribution is 2.51. The van der Waals surface area contributed by atoms with Gasteiger partial charge in [-0.2, -0.15) is 0 Å². The van der Waals surface area contributed by atoms with Crippen molar-refractivity contribution < 1.29 is 4.42 Å². The van der Waals surface area contributed by atoms with Crippen LogP contribution in [0.15, 0.2) is 4.42 Å². The van der Waals surface area contributed by atoms with Gasteiger partial charge in [0.15, 0.2) is 0 Å². The molecule has 4 atom stereocenters. The van der Waals surface area contributed by atoms with E-state index in [-0.39, 0.29) is 0 Å². The van der Waals surface area contributed by atoms with Gasteiger partial charge in [-0.05, 0) is 56.9 Å². The number of hydrogen-bond acceptors (Lipinski definition) is 4. The maximum Gasteiger partial charge on any atom is 0.221 e. The fraction of sp³-hybridized carbons (Fsp3) is 0.889. The van der Waals surface area contributed by atoms with Crippen molar-refractivity contribution in [1.82, 2.24) is 15.1 Å². The SMILES string of the molecule is Cc1nnc(C2C(C3CCC(C)CC3)CC3CCC2N3C)o1. The topological polar surface area (TPSA) is 42.2 Å². The quantitative estimate of drug-likeness (QED) is 0.834. The predicted molar refractivity (Wildman–Crippen MR) is 85.6 cm³/mol. The van der Waals surface area contributed by atoms with Crippen LogP contribution in [0.3, 0.4) is 0 Å². The van der Waals surface area contributed by atoms with Gasteiger partial charge in [-0.25, -0.2) is 0 Å². The lowest BCUT2D eigenvalue weighted by molar-refractivity contribution is 0.0470. The smallest absolute Gasteiger partial charge is 0.221 e. The first-order valence-corrected chi connectivity index (χ1v) is 9.15. The molecule has 122 valence electrons. The summed E-state index contributed by atoms with van der Waals surface area (Å²) >= 11 is 0. The average Bonchev–Trinajstić information content (AvgIpc) is 3.02. The zero-order valence-electron chi connectivity index (χ0n) is 14.2. The normalized spacial score (nSPS) is 42.7. The highest BCUT2D eigenvalue weighted by atomic mass is 16.4. The van der Waals surface area contributed by atoms with Crippen LogP contribution in [0.2, 0.25) is 0 Å². The summed E-state index contributed by atoms with van der Waals surface area (Å²) in [5.74, 6) is 4.63. The number of aryl methyl sites for hydroxylation is 1. The Bertz CT molecular complexity index is 520. The third-order valence-electron chi connectivity index (χ3n) is 6.81. The van der Waals surface area contributed by atoms with Gasteiger partial charge in [0, 0.05) is 19.0 Å². The van der Waals surface area contributed by atoms with Crippen LogP contribution in [0.1, 0.15) is 69.6 Å². The first-order valence-electron chi connectivity index (χ1n) is 9.15. The van der Waals surface area contributed by atoms with E-state index < -0.39 is 0 Å². The lowest BCUT2D eigenvalue weighted by Gasteiger charge is -2.46. The molecule has 4 heteroatoms. The number of nitrogens with zero attached hydrogens (tertiary/aromatic N) is 3. The second kappa shape index (κ2) is 5.63. The molecule has 3 aliphatic rings. The lowest BCUT2D eigenvalue weighted by Crippen LogP contribution is -2.47. The van der Waals surface area contributed by atoms with E-state index >= 15 is 0 Å². The molecular formula is C18H29N3O. The van der Waals surface area contributed by atoms with E-state index in [9.17, 15) is 0 Å². The Labute approximate surface area is 133 Å². The van der Waals surface area contributed by atoms with Crippen molar-refractivity contribution in [2.75, 3.05) is 7.05 Å². The summed E-state index contributed by atoms with van der Waals surface area (Å²) in [5.41, 5.74) is 0. The summed E-state index contributed by atoms with van der Waals surface area (Å²) in [6, 6.07) is 1.40. The molecule has 2 bridgehead atoms. The van der Waals surface area contributed by atoms with Crippen molar-refractivity contribution in [1.29, 1.82) is 0 Å². The summed E-state index contributed by atoms with van der Waals surface area (Å²) in [7, 11) is 2.30. The van der Waals surface area contributed by atoms with Gasteiger partial charge in [-0.1, -0.05) is 19.8 Å². The number of fused-ring (bicyclic) bond motifs is 2. The molecule has 1 aromatic rings. The van der Waals surface area contributed by atoms with Crippen molar-refractivity contribution in [3.8, 4) is 0 Å². The zero-order valence-corrected chi connectivity index (χ0v) is 14.2. The van der Waals surface area contributed by atoms with Crippen LogP contribution < -0.4 is 0 Å². The van der Waals surface area contributed by atoms with Crippen molar-refractivity contribution >= 4 is 0 Å². The molecule has 2 saturated heterocycles. The number of piperidine rings is 1. The Morgan fingerprint density at radius 3 is 2.50 bits per heavy atom. The summed E-state index contributed by atoms with van der Waals surface area (Å²) in [6.45, 7) is 4.32. The molecule has 4 nitrogen and oxygen atoms in total. The molecule has 1 aromatic heterocycles. The molecule has 0 amide bonds. The van der Waals surface area contributed by atoms with Gasteiger partial charge in [0.25, 0.3) is 0 Å². The third kappa shape index (κ3) is 2.40. The van der Waals surface area contributed by atoms with Gasteiger partial charge in [0.1, 0.15) is 0 Å². The molecule has 1 aliphatic carbocycles. The Balaban J connectivity index is 1.63. The van der Waals surface area contributed by atoms with E-state index in [1.54, 1.807) is 0 Å². The first-order chi connectivity index (χ1) is 10.6. The van der Waals surface area contributed by atoms with E-state index in [4.69, 9.17) is 4.42 Å². The van der Waals surface area contributed by atoms with Gasteiger partial charge in [-0.15, -0.1) is 10.2 Å². The lowest BCUT2D eigenvalue weighted by atomic mass is 9.67. The molecule has 1 saturated carbocycles. The highest BCUT2D eigenvalue weighted by molar-refractivity contribution is 5.11. The van der Waals surface area contributed by atoms with E-state index in [1.165, 1.54) is 44.9 Å². The molecule has 4 unspecified atom stereocenters. The minimum atomic E-state index is 0.461. The van der Waals surface area contributed by atoms with Crippen LogP contribution in [0.5, 0.6) is 0 Å². The second-order valence-electron chi connectivity index (χ2n) is 8.07. The van der Waals surface area contributed by atoms with Crippen LogP contribution in [0.4, 0.5) is 0 Å². The molecule has 0 aromatic carbocycles. The maximum atomic E-state index is 5.92. The summed E-state index contributed by atoms with van der Waals surface area (Å²) in [6.07, 6.45) is 9.59. The van der Waals surface area contributed by atoms with Gasteiger partial charge >= 0.3 is 0 Å². The molecule has 3 fully saturated rings. The van der Waals surface area contributed by atoms with Crippen molar-refractivity contribution in [2.24, 2.45) is 17.8 Å². The van der Waals surface area contributed by atoms with Gasteiger partial charge in [-0.3, -0.25) is 4.90 Å². The summed E-state index contributed by atoms with van der Waals surface area (Å²) < 4.78 is 5.92. The Hall–Kier alpha value is -0.900.